The molecule has 2 rings (SSSR count). The van der Waals surface area contributed by atoms with Gasteiger partial charge in [-0.15, -0.1) is 0 Å². The highest BCUT2D eigenvalue weighted by Gasteiger charge is 2.17. The lowest BCUT2D eigenvalue weighted by molar-refractivity contribution is -0.0247. The molecule has 5 nitrogen and oxygen atoms in total. The Labute approximate surface area is 87.2 Å². The summed E-state index contributed by atoms with van der Waals surface area (Å²) >= 11 is 0. The largest absolute Gasteiger partial charge is 0.455 e. The van der Waals surface area contributed by atoms with Crippen molar-refractivity contribution in [2.75, 3.05) is 0 Å². The molecule has 0 radical (unpaired) electrons. The van der Waals surface area contributed by atoms with Crippen LogP contribution in [-0.2, 0) is 19.5 Å². The molecular weight excluding hydrogens is 218 g/mol. The zero-order chi connectivity index (χ0) is 10.9. The normalized spacial score (nSPS) is 16.1. The number of sulfonamides is 1. The summed E-state index contributed by atoms with van der Waals surface area (Å²) in [4.78, 5) is 0.0408. The average molecular weight is 227 g/mol. The molecule has 0 aromatic heterocycles. The Bertz CT molecular complexity index is 487. The van der Waals surface area contributed by atoms with Crippen molar-refractivity contribution in [2.45, 2.75) is 11.2 Å². The summed E-state index contributed by atoms with van der Waals surface area (Å²) in [7, 11) is -3.69. The Balaban J connectivity index is 2.35. The lowest BCUT2D eigenvalue weighted by Gasteiger charge is -2.10. The van der Waals surface area contributed by atoms with Crippen molar-refractivity contribution < 1.29 is 17.9 Å². The molecule has 15 heavy (non-hydrogen) atoms. The number of nitrogens with two attached hydrogens (primary N) is 1. The third kappa shape index (κ3) is 2.11. The van der Waals surface area contributed by atoms with Crippen molar-refractivity contribution in [1.82, 2.24) is 0 Å². The van der Waals surface area contributed by atoms with E-state index in [1.54, 1.807) is 12.1 Å². The van der Waals surface area contributed by atoms with E-state index in [0.29, 0.717) is 5.56 Å². The maximum atomic E-state index is 11.1. The van der Waals surface area contributed by atoms with Crippen LogP contribution in [0.4, 0.5) is 0 Å². The van der Waals surface area contributed by atoms with E-state index in [1.807, 2.05) is 0 Å². The Morgan fingerprint density at radius 1 is 1.20 bits per heavy atom. The predicted molar refractivity (Wildman–Crippen MR) is 51.9 cm³/mol. The molecule has 1 aromatic rings. The summed E-state index contributed by atoms with van der Waals surface area (Å²) in [6, 6.07) is 6.13. The highest BCUT2D eigenvalue weighted by atomic mass is 32.2. The molecule has 0 fully saturated rings. The number of hydrogen-bond donors (Lipinski definition) is 1. The number of hydrogen-bond acceptors (Lipinski definition) is 4. The van der Waals surface area contributed by atoms with Crippen molar-refractivity contribution in [2.24, 2.45) is 5.14 Å². The van der Waals surface area contributed by atoms with Gasteiger partial charge in [-0.3, -0.25) is 0 Å². The van der Waals surface area contributed by atoms with Crippen LogP contribution in [0, 0.1) is 0 Å². The van der Waals surface area contributed by atoms with Crippen LogP contribution in [0.3, 0.4) is 0 Å². The summed E-state index contributed by atoms with van der Waals surface area (Å²) in [5.41, 5.74) is 0.603. The Hall–Kier alpha value is -1.53. The van der Waals surface area contributed by atoms with Crippen molar-refractivity contribution in [3.63, 3.8) is 0 Å². The van der Waals surface area contributed by atoms with Crippen LogP contribution in [0.25, 0.3) is 0 Å². The molecule has 2 N–H and O–H groups in total. The molecule has 1 aliphatic rings. The van der Waals surface area contributed by atoms with Crippen LogP contribution in [0.2, 0.25) is 0 Å². The quantitative estimate of drug-likeness (QED) is 0.812. The summed E-state index contributed by atoms with van der Waals surface area (Å²) < 4.78 is 32.3. The highest BCUT2D eigenvalue weighted by molar-refractivity contribution is 7.89. The van der Waals surface area contributed by atoms with Crippen LogP contribution >= 0.6 is 0 Å². The van der Waals surface area contributed by atoms with Crippen LogP contribution < -0.4 is 5.14 Å². The minimum absolute atomic E-state index is 0.0408. The second-order valence-corrected chi connectivity index (χ2v) is 4.56. The molecule has 0 aliphatic carbocycles. The van der Waals surface area contributed by atoms with Gasteiger partial charge in [-0.1, -0.05) is 12.1 Å². The monoisotopic (exact) mass is 227 g/mol. The number of rotatable bonds is 2. The molecular formula is C9H9NO4S. The molecule has 0 saturated carbocycles. The van der Waals surface area contributed by atoms with E-state index in [-0.39, 0.29) is 4.90 Å². The fraction of sp³-hybridized carbons (Fsp3) is 0.111. The smallest absolute Gasteiger partial charge is 0.266 e. The Morgan fingerprint density at radius 3 is 2.47 bits per heavy atom. The van der Waals surface area contributed by atoms with Gasteiger partial charge in [0.1, 0.15) is 12.5 Å². The topological polar surface area (TPSA) is 78.6 Å². The van der Waals surface area contributed by atoms with Gasteiger partial charge >= 0.3 is 0 Å². The molecule has 6 heteroatoms. The first-order valence-corrected chi connectivity index (χ1v) is 5.71. The fourth-order valence-corrected chi connectivity index (χ4v) is 1.80. The maximum absolute atomic E-state index is 11.1. The Morgan fingerprint density at radius 2 is 1.87 bits per heavy atom. The first-order chi connectivity index (χ1) is 7.07. The van der Waals surface area contributed by atoms with E-state index in [4.69, 9.17) is 14.6 Å². The molecule has 0 unspecified atom stereocenters. The van der Waals surface area contributed by atoms with E-state index < -0.39 is 16.3 Å². The summed E-state index contributed by atoms with van der Waals surface area (Å²) in [5, 5.41) is 5.00. The highest BCUT2D eigenvalue weighted by Crippen LogP contribution is 2.25. The predicted octanol–water partition coefficient (Wildman–Crippen LogP) is 0.851. The summed E-state index contributed by atoms with van der Waals surface area (Å²) in [6.07, 6.45) is 2.20. The van der Waals surface area contributed by atoms with E-state index in [2.05, 4.69) is 0 Å². The molecule has 0 saturated heterocycles. The van der Waals surface area contributed by atoms with Gasteiger partial charge in [0.15, 0.2) is 0 Å². The first kappa shape index (κ1) is 10.0. The van der Waals surface area contributed by atoms with E-state index in [0.717, 1.165) is 0 Å². The van der Waals surface area contributed by atoms with Gasteiger partial charge in [0.2, 0.25) is 10.0 Å². The molecule has 0 atom stereocenters. The van der Waals surface area contributed by atoms with E-state index >= 15 is 0 Å². The zero-order valence-corrected chi connectivity index (χ0v) is 8.48. The number of benzene rings is 1. The third-order valence-electron chi connectivity index (χ3n) is 1.92. The van der Waals surface area contributed by atoms with Crippen LogP contribution in [0.1, 0.15) is 11.9 Å². The molecule has 1 aromatic carbocycles. The fourth-order valence-electron chi connectivity index (χ4n) is 1.23. The Kier molecular flexibility index (Phi) is 2.37. The maximum Gasteiger partial charge on any atom is 0.266 e. The molecule has 1 aliphatic heterocycles. The third-order valence-corrected chi connectivity index (χ3v) is 2.83. The second-order valence-electron chi connectivity index (χ2n) is 2.99. The second kappa shape index (κ2) is 3.56. The van der Waals surface area contributed by atoms with Gasteiger partial charge in [-0.05, 0) is 12.1 Å². The van der Waals surface area contributed by atoms with Gasteiger partial charge in [0, 0.05) is 5.56 Å². The SMILES string of the molecule is NS(=O)(=O)c1cccc(C2OC=CO2)c1. The lowest BCUT2D eigenvalue weighted by atomic mass is 10.2. The van der Waals surface area contributed by atoms with Gasteiger partial charge in [0.25, 0.3) is 6.29 Å². The van der Waals surface area contributed by atoms with Crippen molar-refractivity contribution >= 4 is 10.0 Å². The minimum atomic E-state index is -3.69. The van der Waals surface area contributed by atoms with Crippen molar-refractivity contribution in [3.05, 3.63) is 42.4 Å². The van der Waals surface area contributed by atoms with Crippen LogP contribution in [0.5, 0.6) is 0 Å². The van der Waals surface area contributed by atoms with Crippen LogP contribution in [0.15, 0.2) is 41.7 Å². The average Bonchev–Trinajstić information content (AvgIpc) is 2.69. The van der Waals surface area contributed by atoms with Gasteiger partial charge < -0.3 is 9.47 Å². The lowest BCUT2D eigenvalue weighted by Crippen LogP contribution is -2.12. The summed E-state index contributed by atoms with van der Waals surface area (Å²) in [6.45, 7) is 0. The first-order valence-electron chi connectivity index (χ1n) is 4.16. The van der Waals surface area contributed by atoms with Crippen molar-refractivity contribution in [3.8, 4) is 0 Å². The van der Waals surface area contributed by atoms with E-state index in [1.165, 1.54) is 24.7 Å². The van der Waals surface area contributed by atoms with Gasteiger partial charge in [0.05, 0.1) is 4.90 Å². The summed E-state index contributed by atoms with van der Waals surface area (Å²) in [5.74, 6) is 0. The number of ether oxygens (including phenoxy) is 2. The molecule has 0 spiro atoms. The van der Waals surface area contributed by atoms with Crippen molar-refractivity contribution in [1.29, 1.82) is 0 Å². The molecule has 1 heterocycles. The molecule has 0 amide bonds. The standard InChI is InChI=1S/C9H9NO4S/c10-15(11,12)8-3-1-2-7(6-8)9-13-4-5-14-9/h1-6,9H,(H2,10,11,12). The molecule has 0 bridgehead atoms. The van der Waals surface area contributed by atoms with Gasteiger partial charge in [-0.25, -0.2) is 13.6 Å². The zero-order valence-electron chi connectivity index (χ0n) is 7.66. The minimum Gasteiger partial charge on any atom is -0.455 e. The van der Waals surface area contributed by atoms with Crippen LogP contribution in [-0.4, -0.2) is 8.42 Å². The van der Waals surface area contributed by atoms with E-state index in [9.17, 15) is 8.42 Å². The molecule has 80 valence electrons. The van der Waals surface area contributed by atoms with Gasteiger partial charge in [-0.2, -0.15) is 0 Å². The number of primary sulfonamides is 1.